The highest BCUT2D eigenvalue weighted by molar-refractivity contribution is 6.09. The zero-order chi connectivity index (χ0) is 19.1. The predicted molar refractivity (Wildman–Crippen MR) is 103 cm³/mol. The fraction of sp³-hybridized carbons (Fsp3) is 0.333. The Labute approximate surface area is 158 Å². The van der Waals surface area contributed by atoms with Crippen LogP contribution in [0, 0.1) is 0 Å². The van der Waals surface area contributed by atoms with Crippen LogP contribution >= 0.6 is 0 Å². The summed E-state index contributed by atoms with van der Waals surface area (Å²) in [6.07, 6.45) is 1.85. The largest absolute Gasteiger partial charge is 0.497 e. The predicted octanol–water partition coefficient (Wildman–Crippen LogP) is 3.35. The highest BCUT2D eigenvalue weighted by atomic mass is 16.5. The number of hydrogen-bond acceptors (Lipinski definition) is 4. The van der Waals surface area contributed by atoms with E-state index in [1.54, 1.807) is 25.3 Å². The van der Waals surface area contributed by atoms with Crippen LogP contribution < -0.4 is 19.7 Å². The van der Waals surface area contributed by atoms with Gasteiger partial charge in [0.1, 0.15) is 11.5 Å². The maximum Gasteiger partial charge on any atom is 0.259 e. The molecule has 0 unspecified atom stereocenters. The van der Waals surface area contributed by atoms with Gasteiger partial charge in [0, 0.05) is 18.3 Å². The summed E-state index contributed by atoms with van der Waals surface area (Å²) in [6.45, 7) is 2.70. The third-order valence-electron chi connectivity index (χ3n) is 5.33. The highest BCUT2D eigenvalue weighted by Crippen LogP contribution is 2.44. The van der Waals surface area contributed by atoms with Crippen molar-refractivity contribution in [2.45, 2.75) is 25.7 Å². The second-order valence-corrected chi connectivity index (χ2v) is 6.91. The van der Waals surface area contributed by atoms with Crippen molar-refractivity contribution in [3.63, 3.8) is 0 Å². The number of aryl methyl sites for hydroxylation is 1. The summed E-state index contributed by atoms with van der Waals surface area (Å²) in [4.78, 5) is 27.2. The van der Waals surface area contributed by atoms with Gasteiger partial charge in [0.2, 0.25) is 5.91 Å². The molecule has 0 saturated heterocycles. The van der Waals surface area contributed by atoms with Gasteiger partial charge in [-0.3, -0.25) is 9.59 Å². The molecule has 0 bridgehead atoms. The molecule has 1 N–H and O–H groups in total. The summed E-state index contributed by atoms with van der Waals surface area (Å²) in [5, 5.41) is 2.96. The van der Waals surface area contributed by atoms with E-state index in [0.29, 0.717) is 22.7 Å². The molecule has 0 fully saturated rings. The van der Waals surface area contributed by atoms with Gasteiger partial charge in [0.15, 0.2) is 0 Å². The van der Waals surface area contributed by atoms with Gasteiger partial charge in [-0.1, -0.05) is 0 Å². The summed E-state index contributed by atoms with van der Waals surface area (Å²) in [7, 11) is 3.09. The summed E-state index contributed by atoms with van der Waals surface area (Å²) in [5.74, 6) is 0.781. The molecular formula is C21H22N2O4. The molecule has 2 aromatic rings. The lowest BCUT2D eigenvalue weighted by atomic mass is 9.96. The standard InChI is InChI=1S/C21H22N2O4/c1-12-17-10-14(9-13-5-4-8-23(19(13)17)21(12)25)22-20(24)16-7-6-15(26-2)11-18(16)27-3/h6-7,9-12H,4-5,8H2,1-3H3,(H,22,24)/t12-/m0/s1. The van der Waals surface area contributed by atoms with Gasteiger partial charge >= 0.3 is 0 Å². The summed E-state index contributed by atoms with van der Waals surface area (Å²) in [6, 6.07) is 8.98. The highest BCUT2D eigenvalue weighted by Gasteiger charge is 2.38. The molecule has 2 amide bonds. The number of methoxy groups -OCH3 is 2. The average Bonchev–Trinajstić information content (AvgIpc) is 2.94. The van der Waals surface area contributed by atoms with Gasteiger partial charge in [0.25, 0.3) is 5.91 Å². The maximum atomic E-state index is 12.8. The molecule has 6 nitrogen and oxygen atoms in total. The molecule has 0 aromatic heterocycles. The van der Waals surface area contributed by atoms with Gasteiger partial charge in [0.05, 0.1) is 31.4 Å². The van der Waals surface area contributed by atoms with Gasteiger partial charge < -0.3 is 19.7 Å². The van der Waals surface area contributed by atoms with E-state index in [0.717, 1.165) is 36.2 Å². The van der Waals surface area contributed by atoms with Crippen LogP contribution in [0.4, 0.5) is 11.4 Å². The molecule has 0 saturated carbocycles. The van der Waals surface area contributed by atoms with Crippen LogP contribution in [0.3, 0.4) is 0 Å². The van der Waals surface area contributed by atoms with Crippen molar-refractivity contribution >= 4 is 23.2 Å². The molecule has 0 aliphatic carbocycles. The lowest BCUT2D eigenvalue weighted by Gasteiger charge is -2.26. The zero-order valence-corrected chi connectivity index (χ0v) is 15.7. The Kier molecular flexibility index (Phi) is 4.26. The van der Waals surface area contributed by atoms with Crippen LogP contribution in [0.5, 0.6) is 11.5 Å². The van der Waals surface area contributed by atoms with Crippen molar-refractivity contribution in [2.75, 3.05) is 31.0 Å². The van der Waals surface area contributed by atoms with Crippen LogP contribution in [0.2, 0.25) is 0 Å². The molecule has 2 heterocycles. The lowest BCUT2D eigenvalue weighted by molar-refractivity contribution is -0.119. The van der Waals surface area contributed by atoms with Crippen molar-refractivity contribution < 1.29 is 19.1 Å². The number of nitrogens with one attached hydrogen (secondary N) is 1. The van der Waals surface area contributed by atoms with Crippen LogP contribution in [-0.2, 0) is 11.2 Å². The Balaban J connectivity index is 1.67. The van der Waals surface area contributed by atoms with Crippen LogP contribution in [-0.4, -0.2) is 32.6 Å². The normalized spacial score (nSPS) is 17.5. The molecule has 4 rings (SSSR count). The maximum absolute atomic E-state index is 12.8. The first-order valence-corrected chi connectivity index (χ1v) is 9.05. The first-order valence-electron chi connectivity index (χ1n) is 9.05. The summed E-state index contributed by atoms with van der Waals surface area (Å²) in [5.41, 5.74) is 4.29. The Morgan fingerprint density at radius 2 is 2.00 bits per heavy atom. The minimum Gasteiger partial charge on any atom is -0.497 e. The molecule has 6 heteroatoms. The number of amides is 2. The number of nitrogens with zero attached hydrogens (tertiary/aromatic N) is 1. The van der Waals surface area contributed by atoms with Crippen molar-refractivity contribution in [2.24, 2.45) is 0 Å². The smallest absolute Gasteiger partial charge is 0.259 e. The SMILES string of the molecule is COc1ccc(C(=O)Nc2cc3c4c(c2)[C@H](C)C(=O)N4CCC3)c(OC)c1. The topological polar surface area (TPSA) is 67.9 Å². The molecule has 27 heavy (non-hydrogen) atoms. The van der Waals surface area contributed by atoms with E-state index in [-0.39, 0.29) is 17.7 Å². The van der Waals surface area contributed by atoms with E-state index < -0.39 is 0 Å². The fourth-order valence-electron chi connectivity index (χ4n) is 3.95. The molecule has 2 aromatic carbocycles. The van der Waals surface area contributed by atoms with E-state index in [1.165, 1.54) is 7.11 Å². The Bertz CT molecular complexity index is 938. The molecule has 140 valence electrons. The van der Waals surface area contributed by atoms with Crippen molar-refractivity contribution in [3.05, 3.63) is 47.0 Å². The van der Waals surface area contributed by atoms with Crippen molar-refractivity contribution in [3.8, 4) is 11.5 Å². The van der Waals surface area contributed by atoms with E-state index >= 15 is 0 Å². The number of anilines is 2. The van der Waals surface area contributed by atoms with Crippen LogP contribution in [0.15, 0.2) is 30.3 Å². The minimum absolute atomic E-state index is 0.145. The molecule has 0 spiro atoms. The Hall–Kier alpha value is -3.02. The van der Waals surface area contributed by atoms with Gasteiger partial charge in [-0.25, -0.2) is 0 Å². The first-order chi connectivity index (χ1) is 13.0. The van der Waals surface area contributed by atoms with Crippen molar-refractivity contribution in [1.29, 1.82) is 0 Å². The minimum atomic E-state index is -0.258. The fourth-order valence-corrected chi connectivity index (χ4v) is 3.95. The third kappa shape index (κ3) is 2.81. The summed E-state index contributed by atoms with van der Waals surface area (Å²) < 4.78 is 10.5. The van der Waals surface area contributed by atoms with Crippen LogP contribution in [0.25, 0.3) is 0 Å². The number of rotatable bonds is 4. The molecule has 2 aliphatic rings. The zero-order valence-electron chi connectivity index (χ0n) is 15.7. The van der Waals surface area contributed by atoms with E-state index in [2.05, 4.69) is 5.32 Å². The monoisotopic (exact) mass is 366 g/mol. The average molecular weight is 366 g/mol. The molecular weight excluding hydrogens is 344 g/mol. The quantitative estimate of drug-likeness (QED) is 0.901. The Morgan fingerprint density at radius 1 is 1.19 bits per heavy atom. The van der Waals surface area contributed by atoms with Gasteiger partial charge in [-0.2, -0.15) is 0 Å². The van der Waals surface area contributed by atoms with E-state index in [1.807, 2.05) is 24.0 Å². The third-order valence-corrected chi connectivity index (χ3v) is 5.33. The number of carbonyl (C=O) groups excluding carboxylic acids is 2. The molecule has 2 aliphatic heterocycles. The molecule has 1 atom stereocenters. The van der Waals surface area contributed by atoms with E-state index in [4.69, 9.17) is 9.47 Å². The van der Waals surface area contributed by atoms with Crippen LogP contribution in [0.1, 0.15) is 40.7 Å². The second kappa shape index (κ2) is 6.61. The lowest BCUT2D eigenvalue weighted by Crippen LogP contribution is -2.32. The first kappa shape index (κ1) is 17.4. The van der Waals surface area contributed by atoms with Crippen molar-refractivity contribution in [1.82, 2.24) is 0 Å². The number of hydrogen-bond donors (Lipinski definition) is 1. The second-order valence-electron chi connectivity index (χ2n) is 6.91. The molecule has 0 radical (unpaired) electrons. The Morgan fingerprint density at radius 3 is 2.74 bits per heavy atom. The number of carbonyl (C=O) groups is 2. The van der Waals surface area contributed by atoms with Gasteiger partial charge in [-0.05, 0) is 55.2 Å². The number of benzene rings is 2. The summed E-state index contributed by atoms with van der Waals surface area (Å²) >= 11 is 0. The van der Waals surface area contributed by atoms with Gasteiger partial charge in [-0.15, -0.1) is 0 Å². The number of ether oxygens (including phenoxy) is 2. The van der Waals surface area contributed by atoms with E-state index in [9.17, 15) is 9.59 Å².